The van der Waals surface area contributed by atoms with Crippen LogP contribution in [0.5, 0.6) is 0 Å². The zero-order valence-electron chi connectivity index (χ0n) is 51.6. The van der Waals surface area contributed by atoms with Crippen molar-refractivity contribution in [2.24, 2.45) is 0 Å². The fourth-order valence-corrected chi connectivity index (χ4v) is 9.82. The van der Waals surface area contributed by atoms with E-state index < -0.39 is 20.0 Å². The average Bonchev–Trinajstić information content (AvgIpc) is 3.40. The number of allylic oxidation sites excluding steroid dienone is 13. The maximum Gasteiger partial charge on any atom is 0.472 e. The Hall–Kier alpha value is -2.81. The quantitative estimate of drug-likeness (QED) is 0.0205. The van der Waals surface area contributed by atoms with Crippen LogP contribution in [0.25, 0.3) is 0 Å². The number of carbonyl (C=O) groups excluding carboxylic acids is 2. The minimum atomic E-state index is -4.46. The van der Waals surface area contributed by atoms with Crippen LogP contribution in [-0.4, -0.2) is 74.3 Å². The van der Waals surface area contributed by atoms with E-state index in [0.29, 0.717) is 17.4 Å². The van der Waals surface area contributed by atoms with E-state index in [0.717, 1.165) is 103 Å². The maximum atomic E-state index is 13.5. The monoisotopic (exact) mass is 1110 g/mol. The molecule has 9 nitrogen and oxygen atoms in total. The van der Waals surface area contributed by atoms with Gasteiger partial charge in [0, 0.05) is 12.8 Å². The number of nitrogens with one attached hydrogen (secondary N) is 1. The third kappa shape index (κ3) is 57.9. The molecule has 0 aromatic heterocycles. The number of unbranched alkanes of at least 4 members (excludes halogenated alkanes) is 30. The van der Waals surface area contributed by atoms with Crippen LogP contribution >= 0.6 is 7.82 Å². The summed E-state index contributed by atoms with van der Waals surface area (Å²) in [6.07, 6.45) is 75.9. The summed E-state index contributed by atoms with van der Waals surface area (Å²) >= 11 is 0. The summed E-state index contributed by atoms with van der Waals surface area (Å²) in [5.41, 5.74) is 0. The van der Waals surface area contributed by atoms with Crippen molar-refractivity contribution >= 4 is 19.7 Å². The van der Waals surface area contributed by atoms with E-state index >= 15 is 0 Å². The molecular formula is C68H124N2O7P+. The highest BCUT2D eigenvalue weighted by Crippen LogP contribution is 2.43. The van der Waals surface area contributed by atoms with E-state index in [-0.39, 0.29) is 31.5 Å². The lowest BCUT2D eigenvalue weighted by molar-refractivity contribution is -0.870. The van der Waals surface area contributed by atoms with Crippen LogP contribution in [0.2, 0.25) is 0 Å². The topological polar surface area (TPSA) is 111 Å². The van der Waals surface area contributed by atoms with Crippen molar-refractivity contribution < 1.29 is 37.3 Å². The Morgan fingerprint density at radius 1 is 0.462 bits per heavy atom. The van der Waals surface area contributed by atoms with E-state index in [9.17, 15) is 19.0 Å². The van der Waals surface area contributed by atoms with E-state index in [4.69, 9.17) is 13.8 Å². The molecule has 2 N–H and O–H groups in total. The van der Waals surface area contributed by atoms with Gasteiger partial charge in [-0.15, -0.1) is 0 Å². The fraction of sp³-hybridized carbons (Fsp3) is 0.765. The van der Waals surface area contributed by atoms with Gasteiger partial charge in [0.05, 0.1) is 33.8 Å². The molecule has 0 saturated carbocycles. The van der Waals surface area contributed by atoms with Crippen molar-refractivity contribution in [1.82, 2.24) is 5.32 Å². The second-order valence-electron chi connectivity index (χ2n) is 22.9. The van der Waals surface area contributed by atoms with Crippen LogP contribution in [0.3, 0.4) is 0 Å². The predicted molar refractivity (Wildman–Crippen MR) is 337 cm³/mol. The molecule has 0 aromatic rings. The van der Waals surface area contributed by atoms with Crippen molar-refractivity contribution in [2.75, 3.05) is 40.9 Å². The van der Waals surface area contributed by atoms with Crippen LogP contribution in [0.15, 0.2) is 85.1 Å². The molecule has 0 heterocycles. The molecule has 0 radical (unpaired) electrons. The average molecular weight is 1110 g/mol. The number of amides is 1. The Bertz CT molecular complexity index is 1610. The molecule has 0 aliphatic heterocycles. The molecule has 0 fully saturated rings. The minimum Gasteiger partial charge on any atom is -0.456 e. The highest BCUT2D eigenvalue weighted by molar-refractivity contribution is 7.47. The zero-order valence-corrected chi connectivity index (χ0v) is 52.5. The number of hydrogen-bond acceptors (Lipinski definition) is 6. The van der Waals surface area contributed by atoms with Crippen LogP contribution in [0, 0.1) is 0 Å². The first-order valence-electron chi connectivity index (χ1n) is 32.4. The molecule has 1 amide bonds. The minimum absolute atomic E-state index is 0.0326. The highest BCUT2D eigenvalue weighted by Gasteiger charge is 2.30. The second-order valence-corrected chi connectivity index (χ2v) is 24.4. The lowest BCUT2D eigenvalue weighted by Crippen LogP contribution is -2.47. The SMILES string of the molecule is CC/C=C/C/C=C/C/C=C/CCCCCCC(=O)NC(COP(=O)(O)OCC[N+](C)(C)C)C(/C=C\CCCCCCCCCCCCC)OC(=O)CCCCCCCCCCCCCC/C=C\C/C=C\C/C=C\CCCCC. The number of ether oxygens (including phenoxy) is 1. The summed E-state index contributed by atoms with van der Waals surface area (Å²) in [5.74, 6) is -0.531. The number of likely N-dealkylation sites (N-methyl/N-ethyl adjacent to an activating group) is 1. The van der Waals surface area contributed by atoms with E-state index in [2.05, 4.69) is 99.0 Å². The van der Waals surface area contributed by atoms with Gasteiger partial charge >= 0.3 is 13.8 Å². The van der Waals surface area contributed by atoms with Crippen LogP contribution in [0.1, 0.15) is 284 Å². The predicted octanol–water partition coefficient (Wildman–Crippen LogP) is 20.2. The molecule has 3 unspecified atom stereocenters. The molecule has 0 spiro atoms. The Morgan fingerprint density at radius 2 is 0.821 bits per heavy atom. The van der Waals surface area contributed by atoms with Crippen LogP contribution in [0.4, 0.5) is 0 Å². The van der Waals surface area contributed by atoms with Gasteiger partial charge in [-0.05, 0) is 102 Å². The summed E-state index contributed by atoms with van der Waals surface area (Å²) in [4.78, 5) is 37.7. The first-order chi connectivity index (χ1) is 37.9. The van der Waals surface area contributed by atoms with Gasteiger partial charge < -0.3 is 19.4 Å². The Labute approximate surface area is 482 Å². The number of hydrogen-bond donors (Lipinski definition) is 2. The molecule has 0 aliphatic carbocycles. The van der Waals surface area contributed by atoms with Gasteiger partial charge in [0.1, 0.15) is 19.3 Å². The molecule has 0 saturated heterocycles. The third-order valence-electron chi connectivity index (χ3n) is 14.1. The van der Waals surface area contributed by atoms with Gasteiger partial charge in [-0.2, -0.15) is 0 Å². The largest absolute Gasteiger partial charge is 0.472 e. The lowest BCUT2D eigenvalue weighted by Gasteiger charge is -2.27. The summed E-state index contributed by atoms with van der Waals surface area (Å²) in [6, 6.07) is -0.864. The lowest BCUT2D eigenvalue weighted by atomic mass is 10.0. The van der Waals surface area contributed by atoms with Crippen LogP contribution in [-0.2, 0) is 27.9 Å². The smallest absolute Gasteiger partial charge is 0.456 e. The molecule has 3 atom stereocenters. The van der Waals surface area contributed by atoms with Crippen molar-refractivity contribution in [3.63, 3.8) is 0 Å². The number of phosphoric acid groups is 1. The van der Waals surface area contributed by atoms with Gasteiger partial charge in [0.15, 0.2) is 0 Å². The number of carbonyl (C=O) groups is 2. The zero-order chi connectivity index (χ0) is 57.2. The molecule has 10 heteroatoms. The summed E-state index contributed by atoms with van der Waals surface area (Å²) in [5, 5.41) is 3.04. The fourth-order valence-electron chi connectivity index (χ4n) is 9.08. The summed E-state index contributed by atoms with van der Waals surface area (Å²) in [6.45, 7) is 6.86. The number of rotatable bonds is 58. The second kappa shape index (κ2) is 57.4. The number of quaternary nitrogens is 1. The molecule has 78 heavy (non-hydrogen) atoms. The Morgan fingerprint density at radius 3 is 1.26 bits per heavy atom. The van der Waals surface area contributed by atoms with E-state index in [1.54, 1.807) is 0 Å². The van der Waals surface area contributed by atoms with Crippen molar-refractivity contribution in [2.45, 2.75) is 296 Å². The van der Waals surface area contributed by atoms with Crippen molar-refractivity contribution in [1.29, 1.82) is 0 Å². The van der Waals surface area contributed by atoms with Crippen LogP contribution < -0.4 is 5.32 Å². The molecule has 0 aliphatic rings. The number of nitrogens with zero attached hydrogens (tertiary/aromatic N) is 1. The standard InChI is InChI=1S/C68H123N2O7P/c1-7-10-13-16-19-22-25-28-30-31-32-33-34-35-36-37-38-39-40-43-46-49-52-55-58-61-68(72)77-66(59-56-53-50-47-44-41-27-24-21-18-15-12-9-3)65(64-76-78(73,74)75-63-62-70(4,5)6)69-67(71)60-57-54-51-48-45-42-29-26-23-20-17-14-11-8-2/h11,14,19-20,22-23,28-30,32-33,42,56,59,65-66H,7-10,12-13,15-18,21,24-27,31,34-41,43-55,57-58,60-64H2,1-6H3,(H-,69,71,73,74)/p+1/b14-11+,22-19-,23-20+,30-28-,33-32-,42-29+,59-56-. The Kier molecular flexibility index (Phi) is 55.4. The van der Waals surface area contributed by atoms with Crippen molar-refractivity contribution in [3.8, 4) is 0 Å². The van der Waals surface area contributed by atoms with Gasteiger partial charge in [-0.1, -0.05) is 254 Å². The first-order valence-corrected chi connectivity index (χ1v) is 33.9. The normalized spacial score (nSPS) is 14.2. The Balaban J connectivity index is 5.16. The molecule has 0 rings (SSSR count). The van der Waals surface area contributed by atoms with E-state index in [1.807, 2.05) is 33.3 Å². The van der Waals surface area contributed by atoms with Gasteiger partial charge in [-0.3, -0.25) is 18.6 Å². The maximum absolute atomic E-state index is 13.5. The molecule has 452 valence electrons. The molecule has 0 aromatic carbocycles. The van der Waals surface area contributed by atoms with Crippen molar-refractivity contribution in [3.05, 3.63) is 85.1 Å². The molecular weight excluding hydrogens is 988 g/mol. The van der Waals surface area contributed by atoms with E-state index in [1.165, 1.54) is 148 Å². The summed E-state index contributed by atoms with van der Waals surface area (Å²) < 4.78 is 30.7. The number of esters is 1. The number of phosphoric ester groups is 1. The van der Waals surface area contributed by atoms with Gasteiger partial charge in [-0.25, -0.2) is 4.57 Å². The first kappa shape index (κ1) is 75.2. The highest BCUT2D eigenvalue weighted by atomic mass is 31.2. The third-order valence-corrected chi connectivity index (χ3v) is 15.1. The van der Waals surface area contributed by atoms with Gasteiger partial charge in [0.2, 0.25) is 5.91 Å². The molecule has 0 bridgehead atoms. The van der Waals surface area contributed by atoms with Gasteiger partial charge in [0.25, 0.3) is 0 Å². The summed E-state index contributed by atoms with van der Waals surface area (Å²) in [7, 11) is 1.47.